The Kier molecular flexibility index (Phi) is 4.59. The summed E-state index contributed by atoms with van der Waals surface area (Å²) in [5, 5.41) is 13.8. The summed E-state index contributed by atoms with van der Waals surface area (Å²) < 4.78 is 13.3. The van der Waals surface area contributed by atoms with Crippen LogP contribution in [0.4, 0.5) is 4.39 Å². The molecule has 2 N–H and O–H groups in total. The van der Waals surface area contributed by atoms with Crippen molar-refractivity contribution in [3.8, 4) is 5.75 Å². The molecular weight excluding hydrogens is 295 g/mol. The molecule has 0 aromatic heterocycles. The normalized spacial score (nSPS) is 22.4. The van der Waals surface area contributed by atoms with Crippen LogP contribution < -0.4 is 5.43 Å². The fraction of sp³-hybridized carbons (Fsp3) is 0.444. The van der Waals surface area contributed by atoms with Crippen LogP contribution >= 0.6 is 0 Å². The van der Waals surface area contributed by atoms with Crippen LogP contribution in [0.5, 0.6) is 5.75 Å². The lowest BCUT2D eigenvalue weighted by Gasteiger charge is -2.06. The highest BCUT2D eigenvalue weighted by Gasteiger charge is 2.60. The Bertz CT molecular complexity index is 688. The highest BCUT2D eigenvalue weighted by atomic mass is 19.1. The summed E-state index contributed by atoms with van der Waals surface area (Å²) in [4.78, 5) is 12.3. The molecule has 1 saturated carbocycles. The largest absolute Gasteiger partial charge is 0.507 e. The number of benzene rings is 1. The van der Waals surface area contributed by atoms with Gasteiger partial charge in [0.1, 0.15) is 11.6 Å². The molecular formula is C18H23FN2O2. The molecule has 1 aromatic rings. The third-order valence-electron chi connectivity index (χ3n) is 4.39. The molecule has 1 aromatic carbocycles. The van der Waals surface area contributed by atoms with Gasteiger partial charge >= 0.3 is 0 Å². The third-order valence-corrected chi connectivity index (χ3v) is 4.39. The zero-order chi connectivity index (χ0) is 17.4. The van der Waals surface area contributed by atoms with Crippen molar-refractivity contribution in [1.82, 2.24) is 5.43 Å². The van der Waals surface area contributed by atoms with Crippen LogP contribution in [0.25, 0.3) is 0 Å². The Labute approximate surface area is 136 Å². The zero-order valence-corrected chi connectivity index (χ0v) is 14.1. The average molecular weight is 318 g/mol. The highest BCUT2D eigenvalue weighted by Crippen LogP contribution is 2.59. The minimum Gasteiger partial charge on any atom is -0.507 e. The number of phenolic OH excluding ortho intramolecular Hbond substituents is 1. The number of allylic oxidation sites excluding steroid dienone is 2. The van der Waals surface area contributed by atoms with Crippen molar-refractivity contribution in [1.29, 1.82) is 0 Å². The first-order valence-electron chi connectivity index (χ1n) is 7.62. The Hall–Kier alpha value is -2.17. The summed E-state index contributed by atoms with van der Waals surface area (Å²) in [5.74, 6) is -0.630. The minimum absolute atomic E-state index is 0.0731. The first-order chi connectivity index (χ1) is 10.6. The summed E-state index contributed by atoms with van der Waals surface area (Å²) in [7, 11) is 0. The van der Waals surface area contributed by atoms with E-state index in [2.05, 4.69) is 30.5 Å². The molecule has 2 atom stereocenters. The lowest BCUT2D eigenvalue weighted by atomic mass is 10.1. The van der Waals surface area contributed by atoms with Gasteiger partial charge in [-0.25, -0.2) is 9.82 Å². The summed E-state index contributed by atoms with van der Waals surface area (Å²) in [6.07, 6.45) is 2.11. The number of phenols is 1. The Morgan fingerprint density at radius 2 is 2.00 bits per heavy atom. The number of nitrogens with zero attached hydrogens (tertiary/aromatic N) is 1. The molecule has 4 nitrogen and oxygen atoms in total. The number of amides is 1. The second-order valence-corrected chi connectivity index (χ2v) is 6.90. The average Bonchev–Trinajstić information content (AvgIpc) is 2.98. The maximum absolute atomic E-state index is 13.3. The minimum atomic E-state index is -0.467. The van der Waals surface area contributed by atoms with Crippen LogP contribution in [0.1, 0.15) is 40.2 Å². The summed E-state index contributed by atoms with van der Waals surface area (Å²) in [5.41, 5.74) is 4.25. The lowest BCUT2D eigenvalue weighted by molar-refractivity contribution is -0.123. The van der Waals surface area contributed by atoms with E-state index in [0.717, 1.165) is 0 Å². The number of hydrogen-bond acceptors (Lipinski definition) is 3. The van der Waals surface area contributed by atoms with E-state index in [1.54, 1.807) is 6.92 Å². The van der Waals surface area contributed by atoms with Crippen LogP contribution in [0.15, 0.2) is 34.9 Å². The van der Waals surface area contributed by atoms with Crippen LogP contribution in [0.2, 0.25) is 0 Å². The quantitative estimate of drug-likeness (QED) is 0.506. The first-order valence-corrected chi connectivity index (χ1v) is 7.62. The maximum Gasteiger partial charge on any atom is 0.244 e. The van der Waals surface area contributed by atoms with Crippen LogP contribution in [-0.4, -0.2) is 16.7 Å². The van der Waals surface area contributed by atoms with Gasteiger partial charge in [0, 0.05) is 5.56 Å². The SMILES string of the molecule is CC(C)=C[C@@H]1[C@H](C(=O)N/N=C(\C)c2cc(F)ccc2O)C1(C)C. The van der Waals surface area contributed by atoms with E-state index < -0.39 is 5.82 Å². The van der Waals surface area contributed by atoms with Crippen molar-refractivity contribution in [2.24, 2.45) is 22.4 Å². The smallest absolute Gasteiger partial charge is 0.244 e. The van der Waals surface area contributed by atoms with Crippen molar-refractivity contribution >= 4 is 11.6 Å². The first kappa shape index (κ1) is 17.2. The summed E-state index contributed by atoms with van der Waals surface area (Å²) in [6.45, 7) is 9.74. The molecule has 0 bridgehead atoms. The van der Waals surface area contributed by atoms with Crippen LogP contribution in [0, 0.1) is 23.1 Å². The number of nitrogens with one attached hydrogen (secondary N) is 1. The van der Waals surface area contributed by atoms with Gasteiger partial charge in [-0.1, -0.05) is 25.5 Å². The van der Waals surface area contributed by atoms with E-state index in [1.807, 2.05) is 13.8 Å². The molecule has 1 aliphatic rings. The van der Waals surface area contributed by atoms with Gasteiger partial charge in [-0.05, 0) is 50.3 Å². The van der Waals surface area contributed by atoms with Crippen molar-refractivity contribution in [3.05, 3.63) is 41.2 Å². The molecule has 0 radical (unpaired) electrons. The predicted molar refractivity (Wildman–Crippen MR) is 88.6 cm³/mol. The number of hydrazone groups is 1. The lowest BCUT2D eigenvalue weighted by Crippen LogP contribution is -2.23. The van der Waals surface area contributed by atoms with E-state index >= 15 is 0 Å². The van der Waals surface area contributed by atoms with Gasteiger partial charge in [-0.2, -0.15) is 5.10 Å². The van der Waals surface area contributed by atoms with Crippen LogP contribution in [0.3, 0.4) is 0 Å². The van der Waals surface area contributed by atoms with Gasteiger partial charge in [0.25, 0.3) is 0 Å². The number of carbonyl (C=O) groups excluding carboxylic acids is 1. The third kappa shape index (κ3) is 3.60. The van der Waals surface area contributed by atoms with E-state index in [-0.39, 0.29) is 34.5 Å². The van der Waals surface area contributed by atoms with E-state index in [4.69, 9.17) is 0 Å². The van der Waals surface area contributed by atoms with Gasteiger partial charge in [0.2, 0.25) is 5.91 Å². The fourth-order valence-corrected chi connectivity index (χ4v) is 2.92. The molecule has 1 fully saturated rings. The number of rotatable bonds is 4. The number of carbonyl (C=O) groups is 1. The van der Waals surface area contributed by atoms with Crippen molar-refractivity contribution in [3.63, 3.8) is 0 Å². The van der Waals surface area contributed by atoms with Gasteiger partial charge in [-0.3, -0.25) is 4.79 Å². The summed E-state index contributed by atoms with van der Waals surface area (Å²) in [6, 6.07) is 3.62. The van der Waals surface area contributed by atoms with Gasteiger partial charge in [-0.15, -0.1) is 0 Å². The maximum atomic E-state index is 13.3. The molecule has 124 valence electrons. The standard InChI is InChI=1S/C18H23FN2O2/c1-10(2)8-14-16(18(14,4)5)17(23)21-20-11(3)13-9-12(19)6-7-15(13)22/h6-9,14,16,22H,1-5H3,(H,21,23)/b20-11+/t14-,16-/m1/s1. The molecule has 0 spiro atoms. The monoisotopic (exact) mass is 318 g/mol. The Balaban J connectivity index is 2.10. The number of hydrogen-bond donors (Lipinski definition) is 2. The van der Waals surface area contributed by atoms with Gasteiger partial charge in [0.05, 0.1) is 11.6 Å². The molecule has 1 aliphatic carbocycles. The molecule has 1 amide bonds. The highest BCUT2D eigenvalue weighted by molar-refractivity contribution is 6.01. The van der Waals surface area contributed by atoms with Crippen molar-refractivity contribution < 1.29 is 14.3 Å². The Morgan fingerprint density at radius 1 is 1.35 bits per heavy atom. The second-order valence-electron chi connectivity index (χ2n) is 6.90. The van der Waals surface area contributed by atoms with E-state index in [1.165, 1.54) is 23.8 Å². The molecule has 5 heteroatoms. The van der Waals surface area contributed by atoms with Gasteiger partial charge < -0.3 is 5.11 Å². The molecule has 0 saturated heterocycles. The van der Waals surface area contributed by atoms with Crippen molar-refractivity contribution in [2.75, 3.05) is 0 Å². The van der Waals surface area contributed by atoms with Gasteiger partial charge in [0.15, 0.2) is 0 Å². The van der Waals surface area contributed by atoms with Crippen LogP contribution in [-0.2, 0) is 4.79 Å². The Morgan fingerprint density at radius 3 is 2.61 bits per heavy atom. The molecule has 0 aliphatic heterocycles. The molecule has 0 heterocycles. The predicted octanol–water partition coefficient (Wildman–Crippen LogP) is 3.61. The topological polar surface area (TPSA) is 61.7 Å². The zero-order valence-electron chi connectivity index (χ0n) is 14.1. The molecule has 2 rings (SSSR count). The summed E-state index contributed by atoms with van der Waals surface area (Å²) >= 11 is 0. The van der Waals surface area contributed by atoms with Crippen molar-refractivity contribution in [2.45, 2.75) is 34.6 Å². The molecule has 23 heavy (non-hydrogen) atoms. The van der Waals surface area contributed by atoms with E-state index in [9.17, 15) is 14.3 Å². The number of halogens is 1. The fourth-order valence-electron chi connectivity index (χ4n) is 2.92. The molecule has 0 unspecified atom stereocenters. The number of aromatic hydroxyl groups is 1. The second kappa shape index (κ2) is 6.14. The van der Waals surface area contributed by atoms with E-state index in [0.29, 0.717) is 5.71 Å².